The van der Waals surface area contributed by atoms with Gasteiger partial charge in [-0.1, -0.05) is 26.0 Å². The second kappa shape index (κ2) is 7.44. The monoisotopic (exact) mass is 329 g/mol. The molecule has 22 heavy (non-hydrogen) atoms. The maximum absolute atomic E-state index is 11.9. The number of methoxy groups -OCH3 is 1. The van der Waals surface area contributed by atoms with E-state index in [2.05, 4.69) is 0 Å². The van der Waals surface area contributed by atoms with E-state index in [1.165, 1.54) is 0 Å². The van der Waals surface area contributed by atoms with Crippen LogP contribution in [0.2, 0.25) is 0 Å². The number of ether oxygens (including phenoxy) is 1. The van der Waals surface area contributed by atoms with Gasteiger partial charge >= 0.3 is 0 Å². The topological polar surface area (TPSA) is 55.8 Å². The van der Waals surface area contributed by atoms with Gasteiger partial charge in [-0.05, 0) is 38.2 Å². The van der Waals surface area contributed by atoms with Crippen LogP contribution in [0.15, 0.2) is 24.3 Å². The van der Waals surface area contributed by atoms with E-state index in [0.29, 0.717) is 18.7 Å². The predicted octanol–water partition coefficient (Wildman–Crippen LogP) is 2.47. The number of rotatable bonds is 8. The summed E-state index contributed by atoms with van der Waals surface area (Å²) in [5, 5.41) is 0. The Kier molecular flexibility index (Phi) is 6.40. The Bertz CT molecular complexity index is 586. The van der Waals surface area contributed by atoms with Gasteiger partial charge in [-0.2, -0.15) is 8.42 Å². The molecule has 0 bridgehead atoms. The first kappa shape index (κ1) is 18.9. The maximum atomic E-state index is 11.9. The van der Waals surface area contributed by atoms with Crippen LogP contribution in [0.5, 0.6) is 5.75 Å². The van der Waals surface area contributed by atoms with Crippen LogP contribution in [0.1, 0.15) is 25.8 Å². The minimum absolute atomic E-state index is 0.0191. The lowest BCUT2D eigenvalue weighted by Crippen LogP contribution is -2.42. The van der Waals surface area contributed by atoms with Crippen LogP contribution in [0.25, 0.3) is 0 Å². The molecule has 1 rings (SSSR count). The van der Waals surface area contributed by atoms with Gasteiger partial charge in [0, 0.05) is 12.5 Å². The minimum atomic E-state index is -3.60. The molecule has 0 N–H and O–H groups in total. The summed E-state index contributed by atoms with van der Waals surface area (Å²) in [5.41, 5.74) is -0.0963. The van der Waals surface area contributed by atoms with Crippen LogP contribution in [-0.4, -0.2) is 47.3 Å². The zero-order valence-corrected chi connectivity index (χ0v) is 15.1. The smallest absolute Gasteiger partial charge is 0.265 e. The van der Waals surface area contributed by atoms with E-state index < -0.39 is 15.7 Å². The first-order valence-electron chi connectivity index (χ1n) is 7.34. The second-order valence-electron chi connectivity index (χ2n) is 5.93. The standard InChI is InChI=1S/C16H27NO4S/c1-7-16(21-22(6,18)19,13(2)12-17(3)4)14-9-8-10-15(11-14)20-5/h8-11,13H,7,12H2,1-6H3/t13-,16-/m1/s1. The Balaban J connectivity index is 3.41. The van der Waals surface area contributed by atoms with E-state index in [-0.39, 0.29) is 5.92 Å². The van der Waals surface area contributed by atoms with Crippen molar-refractivity contribution in [2.45, 2.75) is 25.9 Å². The summed E-state index contributed by atoms with van der Waals surface area (Å²) >= 11 is 0. The molecular formula is C16H27NO4S. The van der Waals surface area contributed by atoms with Gasteiger partial charge in [-0.25, -0.2) is 0 Å². The molecule has 0 saturated carbocycles. The van der Waals surface area contributed by atoms with E-state index in [1.54, 1.807) is 7.11 Å². The predicted molar refractivity (Wildman–Crippen MR) is 88.6 cm³/mol. The van der Waals surface area contributed by atoms with E-state index in [4.69, 9.17) is 8.92 Å². The normalized spacial score (nSPS) is 16.3. The SMILES string of the molecule is CC[C@](OS(C)(=O)=O)(c1cccc(OC)c1)[C@H](C)CN(C)C. The molecule has 0 aliphatic heterocycles. The lowest BCUT2D eigenvalue weighted by atomic mass is 9.80. The van der Waals surface area contributed by atoms with E-state index in [1.807, 2.05) is 57.1 Å². The Hall–Kier alpha value is -1.11. The molecule has 0 fully saturated rings. The van der Waals surface area contributed by atoms with Crippen molar-refractivity contribution in [3.8, 4) is 5.75 Å². The molecule has 2 atom stereocenters. The lowest BCUT2D eigenvalue weighted by Gasteiger charge is -2.39. The van der Waals surface area contributed by atoms with Crippen molar-refractivity contribution in [3.63, 3.8) is 0 Å². The van der Waals surface area contributed by atoms with E-state index >= 15 is 0 Å². The average molecular weight is 329 g/mol. The van der Waals surface area contributed by atoms with Crippen LogP contribution in [0, 0.1) is 5.92 Å². The fourth-order valence-electron chi connectivity index (χ4n) is 2.88. The molecular weight excluding hydrogens is 302 g/mol. The molecule has 5 nitrogen and oxygen atoms in total. The lowest BCUT2D eigenvalue weighted by molar-refractivity contribution is 0.00347. The number of nitrogens with zero attached hydrogens (tertiary/aromatic N) is 1. The van der Waals surface area contributed by atoms with Crippen molar-refractivity contribution in [1.82, 2.24) is 4.90 Å². The molecule has 0 heterocycles. The quantitative estimate of drug-likeness (QED) is 0.686. The number of benzene rings is 1. The van der Waals surface area contributed by atoms with Crippen molar-refractivity contribution in [2.75, 3.05) is 34.0 Å². The van der Waals surface area contributed by atoms with Gasteiger partial charge in [0.1, 0.15) is 11.4 Å². The molecule has 126 valence electrons. The molecule has 1 aromatic carbocycles. The third kappa shape index (κ3) is 4.69. The van der Waals surface area contributed by atoms with E-state index in [9.17, 15) is 8.42 Å². The highest BCUT2D eigenvalue weighted by Gasteiger charge is 2.41. The Labute approximate surface area is 134 Å². The molecule has 0 aliphatic carbocycles. The summed E-state index contributed by atoms with van der Waals surface area (Å²) in [5.74, 6) is 0.666. The summed E-state index contributed by atoms with van der Waals surface area (Å²) in [6.45, 7) is 4.66. The van der Waals surface area contributed by atoms with Crippen molar-refractivity contribution >= 4 is 10.1 Å². The molecule has 0 aliphatic rings. The van der Waals surface area contributed by atoms with Gasteiger partial charge in [0.05, 0.1) is 13.4 Å². The van der Waals surface area contributed by atoms with Gasteiger partial charge in [0.25, 0.3) is 10.1 Å². The maximum Gasteiger partial charge on any atom is 0.265 e. The molecule has 6 heteroatoms. The minimum Gasteiger partial charge on any atom is -0.497 e. The van der Waals surface area contributed by atoms with Crippen molar-refractivity contribution < 1.29 is 17.3 Å². The third-order valence-electron chi connectivity index (χ3n) is 3.82. The highest BCUT2D eigenvalue weighted by atomic mass is 32.2. The van der Waals surface area contributed by atoms with Gasteiger partial charge in [0.2, 0.25) is 0 Å². The largest absolute Gasteiger partial charge is 0.497 e. The van der Waals surface area contributed by atoms with Crippen molar-refractivity contribution in [1.29, 1.82) is 0 Å². The zero-order valence-electron chi connectivity index (χ0n) is 14.3. The highest BCUT2D eigenvalue weighted by molar-refractivity contribution is 7.86. The Morgan fingerprint density at radius 3 is 2.41 bits per heavy atom. The van der Waals surface area contributed by atoms with Crippen LogP contribution < -0.4 is 4.74 Å². The molecule has 0 aromatic heterocycles. The summed E-state index contributed by atoms with van der Waals surface area (Å²) in [6, 6.07) is 7.43. The number of hydrogen-bond donors (Lipinski definition) is 0. The number of hydrogen-bond acceptors (Lipinski definition) is 5. The Morgan fingerprint density at radius 1 is 1.32 bits per heavy atom. The molecule has 0 radical (unpaired) electrons. The van der Waals surface area contributed by atoms with Crippen molar-refractivity contribution in [2.24, 2.45) is 5.92 Å². The fourth-order valence-corrected chi connectivity index (χ4v) is 3.80. The highest BCUT2D eigenvalue weighted by Crippen LogP contribution is 2.40. The first-order valence-corrected chi connectivity index (χ1v) is 9.16. The summed E-state index contributed by atoms with van der Waals surface area (Å²) in [7, 11) is 1.91. The third-order valence-corrected chi connectivity index (χ3v) is 4.42. The van der Waals surface area contributed by atoms with Crippen LogP contribution >= 0.6 is 0 Å². The van der Waals surface area contributed by atoms with Gasteiger partial charge < -0.3 is 9.64 Å². The molecule has 0 amide bonds. The zero-order chi connectivity index (χ0) is 17.0. The summed E-state index contributed by atoms with van der Waals surface area (Å²) < 4.78 is 34.6. The van der Waals surface area contributed by atoms with Crippen LogP contribution in [-0.2, 0) is 19.9 Å². The van der Waals surface area contributed by atoms with Gasteiger partial charge in [-0.15, -0.1) is 0 Å². The molecule has 0 spiro atoms. The van der Waals surface area contributed by atoms with Gasteiger partial charge in [0.15, 0.2) is 0 Å². The van der Waals surface area contributed by atoms with E-state index in [0.717, 1.165) is 11.8 Å². The van der Waals surface area contributed by atoms with Crippen LogP contribution in [0.4, 0.5) is 0 Å². The fraction of sp³-hybridized carbons (Fsp3) is 0.625. The van der Waals surface area contributed by atoms with Gasteiger partial charge in [-0.3, -0.25) is 4.18 Å². The first-order chi connectivity index (χ1) is 10.1. The summed E-state index contributed by atoms with van der Waals surface area (Å²) in [6.07, 6.45) is 1.64. The Morgan fingerprint density at radius 2 is 1.95 bits per heavy atom. The molecule has 0 saturated heterocycles. The second-order valence-corrected chi connectivity index (χ2v) is 7.50. The molecule has 1 aromatic rings. The summed E-state index contributed by atoms with van der Waals surface area (Å²) in [4.78, 5) is 2.03. The van der Waals surface area contributed by atoms with Crippen LogP contribution in [0.3, 0.4) is 0 Å². The average Bonchev–Trinajstić information content (AvgIpc) is 2.43. The molecule has 0 unspecified atom stereocenters. The van der Waals surface area contributed by atoms with Crippen molar-refractivity contribution in [3.05, 3.63) is 29.8 Å².